The zero-order valence-electron chi connectivity index (χ0n) is 26.3. The molecule has 1 unspecified atom stereocenters. The van der Waals surface area contributed by atoms with Crippen LogP contribution in [0.4, 0.5) is 27.6 Å². The van der Waals surface area contributed by atoms with E-state index in [9.17, 15) is 26.7 Å². The van der Waals surface area contributed by atoms with E-state index in [2.05, 4.69) is 39.0 Å². The molecule has 48 heavy (non-hydrogen) atoms. The summed E-state index contributed by atoms with van der Waals surface area (Å²) in [5, 5.41) is 8.41. The Bertz CT molecular complexity index is 1830. The van der Waals surface area contributed by atoms with Crippen molar-refractivity contribution in [3.8, 4) is 22.8 Å². The summed E-state index contributed by atoms with van der Waals surface area (Å²) in [7, 11) is 0. The summed E-state index contributed by atoms with van der Waals surface area (Å²) < 4.78 is 68.8. The van der Waals surface area contributed by atoms with Gasteiger partial charge in [-0.3, -0.25) is 9.69 Å². The molecule has 0 spiro atoms. The lowest BCUT2D eigenvalue weighted by Gasteiger charge is -2.22. The van der Waals surface area contributed by atoms with Crippen LogP contribution in [0.25, 0.3) is 17.1 Å². The summed E-state index contributed by atoms with van der Waals surface area (Å²) in [6.45, 7) is 8.69. The highest BCUT2D eigenvalue weighted by molar-refractivity contribution is 8.15. The van der Waals surface area contributed by atoms with Crippen molar-refractivity contribution in [1.82, 2.24) is 20.1 Å². The van der Waals surface area contributed by atoms with E-state index >= 15 is 0 Å². The normalized spacial score (nSPS) is 15.3. The summed E-state index contributed by atoms with van der Waals surface area (Å²) >= 11 is 6.89. The van der Waals surface area contributed by atoms with Crippen LogP contribution in [0.15, 0.2) is 78.0 Å². The minimum atomic E-state index is -5.84. The first kappa shape index (κ1) is 35.0. The number of benzene rings is 3. The molecule has 2 heterocycles. The predicted molar refractivity (Wildman–Crippen MR) is 180 cm³/mol. The monoisotopic (exact) mass is 702 g/mol. The Morgan fingerprint density at radius 1 is 1.04 bits per heavy atom. The van der Waals surface area contributed by atoms with Crippen LogP contribution in [-0.4, -0.2) is 55.5 Å². The number of thiocarbonyl (C=S) groups is 1. The maximum absolute atomic E-state index is 13.2. The molecule has 4 aromatic rings. The standard InChI is InChI=1S/C33H31F5N6O2S2/c1-19(2)26-14-5-20(3)15-27(26)44-28(45)17-48-31(44)41-30(47)39-16-21(4)22-6-8-23(9-7-22)29-40-18-43(42-29)24-10-12-25(13-11-24)46-33(37,38)32(34,35)36/h5-15,18-19,21H,16-17H2,1-4H3,(H,39,47). The van der Waals surface area contributed by atoms with E-state index in [4.69, 9.17) is 12.2 Å². The number of amidine groups is 1. The van der Waals surface area contributed by atoms with Crippen LogP contribution in [-0.2, 0) is 4.79 Å². The minimum Gasteiger partial charge on any atom is -0.426 e. The maximum atomic E-state index is 13.2. The van der Waals surface area contributed by atoms with Gasteiger partial charge in [0.15, 0.2) is 16.1 Å². The number of aromatic nitrogens is 3. The number of alkyl halides is 5. The minimum absolute atomic E-state index is 0.0402. The van der Waals surface area contributed by atoms with Crippen molar-refractivity contribution in [2.24, 2.45) is 4.99 Å². The lowest BCUT2D eigenvalue weighted by atomic mass is 9.99. The molecule has 0 saturated carbocycles. The Morgan fingerprint density at radius 2 is 1.73 bits per heavy atom. The van der Waals surface area contributed by atoms with Gasteiger partial charge in [0.1, 0.15) is 12.1 Å². The van der Waals surface area contributed by atoms with Crippen LogP contribution >= 0.6 is 24.0 Å². The highest BCUT2D eigenvalue weighted by Gasteiger charge is 2.61. The number of thioether (sulfide) groups is 1. The molecule has 5 rings (SSSR count). The van der Waals surface area contributed by atoms with Gasteiger partial charge in [-0.2, -0.15) is 26.9 Å². The second-order valence-corrected chi connectivity index (χ2v) is 12.8. The number of anilines is 1. The zero-order valence-corrected chi connectivity index (χ0v) is 27.9. The van der Waals surface area contributed by atoms with E-state index < -0.39 is 18.0 Å². The molecular formula is C33H31F5N6O2S2. The lowest BCUT2D eigenvalue weighted by Crippen LogP contribution is -2.41. The van der Waals surface area contributed by atoms with Gasteiger partial charge in [0.2, 0.25) is 5.91 Å². The van der Waals surface area contributed by atoms with Gasteiger partial charge in [0, 0.05) is 12.1 Å². The Hall–Kier alpha value is -4.37. The number of halogens is 5. The molecule has 0 radical (unpaired) electrons. The fraction of sp³-hybridized carbons (Fsp3) is 0.303. The molecule has 1 saturated heterocycles. The fourth-order valence-electron chi connectivity index (χ4n) is 4.86. The lowest BCUT2D eigenvalue weighted by molar-refractivity contribution is -0.360. The number of aliphatic imine (C=N–C) groups is 1. The van der Waals surface area contributed by atoms with Crippen LogP contribution in [0.5, 0.6) is 5.75 Å². The summed E-state index contributed by atoms with van der Waals surface area (Å²) in [5.41, 5.74) is 5.05. The Kier molecular flexibility index (Phi) is 10.2. The molecule has 1 atom stereocenters. The third-order valence-electron chi connectivity index (χ3n) is 7.48. The van der Waals surface area contributed by atoms with E-state index in [1.54, 1.807) is 4.90 Å². The van der Waals surface area contributed by atoms with Gasteiger partial charge in [-0.25, -0.2) is 9.67 Å². The molecule has 0 bridgehead atoms. The molecule has 3 aromatic carbocycles. The van der Waals surface area contributed by atoms with E-state index in [1.807, 2.05) is 56.3 Å². The highest BCUT2D eigenvalue weighted by Crippen LogP contribution is 2.37. The molecule has 0 aliphatic carbocycles. The molecule has 1 aliphatic rings. The van der Waals surface area contributed by atoms with Crippen LogP contribution in [0.3, 0.4) is 0 Å². The van der Waals surface area contributed by atoms with Gasteiger partial charge >= 0.3 is 12.3 Å². The average molecular weight is 703 g/mol. The first-order valence-corrected chi connectivity index (χ1v) is 16.2. The molecule has 1 aromatic heterocycles. The quantitative estimate of drug-likeness (QED) is 0.140. The molecule has 1 N–H and O–H groups in total. The molecular weight excluding hydrogens is 672 g/mol. The van der Waals surface area contributed by atoms with Gasteiger partial charge in [-0.05, 0) is 78.0 Å². The number of hydrogen-bond acceptors (Lipinski definition) is 6. The van der Waals surface area contributed by atoms with E-state index in [0.29, 0.717) is 28.8 Å². The van der Waals surface area contributed by atoms with Crippen LogP contribution < -0.4 is 15.0 Å². The van der Waals surface area contributed by atoms with Crippen molar-refractivity contribution in [2.45, 2.75) is 51.8 Å². The first-order valence-electron chi connectivity index (χ1n) is 14.8. The molecule has 1 aliphatic heterocycles. The summed E-state index contributed by atoms with van der Waals surface area (Å²) in [6.07, 6.45) is -9.75. The maximum Gasteiger partial charge on any atom is 0.499 e. The van der Waals surface area contributed by atoms with Crippen molar-refractivity contribution in [3.05, 3.63) is 89.7 Å². The summed E-state index contributed by atoms with van der Waals surface area (Å²) in [6, 6.07) is 18.2. The topological polar surface area (TPSA) is 84.6 Å². The Balaban J connectivity index is 1.20. The van der Waals surface area contributed by atoms with Gasteiger partial charge < -0.3 is 10.1 Å². The third kappa shape index (κ3) is 7.84. The van der Waals surface area contributed by atoms with Crippen molar-refractivity contribution < 1.29 is 31.5 Å². The number of nitrogens with one attached hydrogen (secondary N) is 1. The number of ether oxygens (including phenoxy) is 1. The second kappa shape index (κ2) is 14.0. The summed E-state index contributed by atoms with van der Waals surface area (Å²) in [4.78, 5) is 23.4. The number of carbonyl (C=O) groups excluding carboxylic acids is 1. The van der Waals surface area contributed by atoms with Gasteiger partial charge in [0.25, 0.3) is 0 Å². The SMILES string of the molecule is Cc1ccc(C(C)C)c(N2C(=O)CSC2=NC(=S)NCC(C)c2ccc(-c3ncn(-c4ccc(OC(F)(F)C(F)(F)F)cc4)n3)cc2)c1. The number of hydrogen-bond donors (Lipinski definition) is 1. The van der Waals surface area contributed by atoms with Crippen molar-refractivity contribution in [3.63, 3.8) is 0 Å². The second-order valence-electron chi connectivity index (χ2n) is 11.5. The van der Waals surface area contributed by atoms with Crippen LogP contribution in [0, 0.1) is 6.92 Å². The average Bonchev–Trinajstić information content (AvgIpc) is 3.66. The fourth-order valence-corrected chi connectivity index (χ4v) is 5.95. The molecule has 252 valence electrons. The molecule has 15 heteroatoms. The van der Waals surface area contributed by atoms with E-state index in [1.165, 1.54) is 34.9 Å². The zero-order chi connectivity index (χ0) is 34.8. The van der Waals surface area contributed by atoms with Gasteiger partial charge in [-0.15, -0.1) is 5.10 Å². The number of rotatable bonds is 9. The van der Waals surface area contributed by atoms with Gasteiger partial charge in [-0.1, -0.05) is 68.9 Å². The predicted octanol–water partition coefficient (Wildman–Crippen LogP) is 8.01. The highest BCUT2D eigenvalue weighted by atomic mass is 32.2. The van der Waals surface area contributed by atoms with Crippen LogP contribution in [0.2, 0.25) is 0 Å². The van der Waals surface area contributed by atoms with Gasteiger partial charge in [0.05, 0.1) is 17.1 Å². The Morgan fingerprint density at radius 3 is 2.38 bits per heavy atom. The molecule has 1 fully saturated rings. The van der Waals surface area contributed by atoms with Crippen molar-refractivity contribution >= 4 is 45.9 Å². The number of aryl methyl sites for hydroxylation is 1. The third-order valence-corrected chi connectivity index (χ3v) is 8.64. The smallest absolute Gasteiger partial charge is 0.426 e. The van der Waals surface area contributed by atoms with E-state index in [-0.39, 0.29) is 28.6 Å². The first-order chi connectivity index (χ1) is 22.6. The molecule has 8 nitrogen and oxygen atoms in total. The van der Waals surface area contributed by atoms with Crippen molar-refractivity contribution in [2.75, 3.05) is 17.2 Å². The summed E-state index contributed by atoms with van der Waals surface area (Å²) in [5.74, 6) is 0.255. The molecule has 1 amide bonds. The van der Waals surface area contributed by atoms with E-state index in [0.717, 1.165) is 34.5 Å². The van der Waals surface area contributed by atoms with Crippen molar-refractivity contribution in [1.29, 1.82) is 0 Å². The number of amides is 1. The largest absolute Gasteiger partial charge is 0.499 e. The number of carbonyl (C=O) groups is 1. The van der Waals surface area contributed by atoms with Crippen LogP contribution in [0.1, 0.15) is 49.3 Å². The number of nitrogens with zero attached hydrogens (tertiary/aromatic N) is 5. The Labute approximate surface area is 283 Å².